The van der Waals surface area contributed by atoms with Crippen LogP contribution in [0.1, 0.15) is 43.2 Å². The van der Waals surface area contributed by atoms with E-state index in [1.165, 1.54) is 16.0 Å². The van der Waals surface area contributed by atoms with Gasteiger partial charge in [0.2, 0.25) is 0 Å². The number of carboxylic acids is 1. The summed E-state index contributed by atoms with van der Waals surface area (Å²) < 4.78 is 1.81. The van der Waals surface area contributed by atoms with Gasteiger partial charge >= 0.3 is 5.97 Å². The first-order valence-electron chi connectivity index (χ1n) is 8.05. The van der Waals surface area contributed by atoms with Crippen LogP contribution in [0.5, 0.6) is 0 Å². The van der Waals surface area contributed by atoms with Gasteiger partial charge in [0.25, 0.3) is 0 Å². The lowest BCUT2D eigenvalue weighted by Crippen LogP contribution is -2.35. The average molecular weight is 373 g/mol. The van der Waals surface area contributed by atoms with Gasteiger partial charge in [0.05, 0.1) is 5.69 Å². The number of thiocarbonyl (C=S) groups is 2. The lowest BCUT2D eigenvalue weighted by atomic mass is 9.86. The minimum atomic E-state index is -0.949. The van der Waals surface area contributed by atoms with Crippen LogP contribution in [0, 0.1) is 0 Å². The third kappa shape index (κ3) is 3.50. The molecule has 0 fully saturated rings. The normalized spacial score (nSPS) is 14.1. The fourth-order valence-electron chi connectivity index (χ4n) is 2.93. The summed E-state index contributed by atoms with van der Waals surface area (Å²) in [7, 11) is 0. The Hall–Kier alpha value is -2.05. The summed E-state index contributed by atoms with van der Waals surface area (Å²) in [5.41, 5.74) is 4.57. The molecule has 0 aliphatic carbocycles. The monoisotopic (exact) mass is 372 g/mol. The Morgan fingerprint density at radius 3 is 2.28 bits per heavy atom. The van der Waals surface area contributed by atoms with Crippen molar-refractivity contribution >= 4 is 40.5 Å². The molecule has 1 aromatic carbocycles. The fraction of sp³-hybridized carbons (Fsp3) is 0.316. The molecule has 1 aromatic heterocycles. The van der Waals surface area contributed by atoms with Gasteiger partial charge in [0, 0.05) is 6.20 Å². The number of rotatable bonds is 4. The minimum absolute atomic E-state index is 0.141. The van der Waals surface area contributed by atoms with E-state index >= 15 is 0 Å². The Balaban J connectivity index is 1.79. The van der Waals surface area contributed by atoms with Gasteiger partial charge in [0.1, 0.15) is 11.5 Å². The number of hydrogen-bond donors (Lipinski definition) is 1. The number of benzene rings is 1. The van der Waals surface area contributed by atoms with Crippen LogP contribution in [-0.2, 0) is 16.6 Å². The topological polar surface area (TPSA) is 45.5 Å². The molecular formula is C19H20N2O2S2. The maximum absolute atomic E-state index is 11.0. The highest BCUT2D eigenvalue weighted by atomic mass is 32.1. The second kappa shape index (κ2) is 6.35. The van der Waals surface area contributed by atoms with Crippen LogP contribution in [0.15, 0.2) is 36.5 Å². The lowest BCUT2D eigenvalue weighted by Gasteiger charge is -2.19. The van der Waals surface area contributed by atoms with E-state index in [2.05, 4.69) is 45.0 Å². The number of aliphatic carboxylic acids is 1. The molecule has 1 aliphatic rings. The molecule has 0 saturated heterocycles. The van der Waals surface area contributed by atoms with Crippen molar-refractivity contribution in [1.82, 2.24) is 9.47 Å². The van der Waals surface area contributed by atoms with Gasteiger partial charge in [-0.3, -0.25) is 14.3 Å². The van der Waals surface area contributed by atoms with Crippen molar-refractivity contribution in [2.45, 2.75) is 32.6 Å². The predicted octanol–water partition coefficient (Wildman–Crippen LogP) is 3.59. The van der Waals surface area contributed by atoms with E-state index in [1.54, 1.807) is 4.57 Å². The van der Waals surface area contributed by atoms with Crippen LogP contribution in [0.25, 0.3) is 0 Å². The second-order valence-corrected chi connectivity index (χ2v) is 8.05. The highest BCUT2D eigenvalue weighted by Crippen LogP contribution is 2.25. The molecule has 6 heteroatoms. The first-order chi connectivity index (χ1) is 11.7. The van der Waals surface area contributed by atoms with Crippen molar-refractivity contribution in [3.8, 4) is 0 Å². The SMILES string of the molecule is CC(C)(C)c1ccc(Cc2cc3n(c2)C(=S)N(CC(=O)O)C3=S)cc1. The number of fused-ring (bicyclic) bond motifs is 1. The third-order valence-corrected chi connectivity index (χ3v) is 5.15. The van der Waals surface area contributed by atoms with Crippen molar-refractivity contribution in [3.05, 3.63) is 58.9 Å². The maximum atomic E-state index is 11.0. The summed E-state index contributed by atoms with van der Waals surface area (Å²) in [4.78, 5) is 12.9. The van der Waals surface area contributed by atoms with Crippen LogP contribution in [0.3, 0.4) is 0 Å². The van der Waals surface area contributed by atoms with Crippen LogP contribution < -0.4 is 0 Å². The summed E-state index contributed by atoms with van der Waals surface area (Å²) in [5, 5.41) is 9.41. The zero-order valence-corrected chi connectivity index (χ0v) is 16.1. The summed E-state index contributed by atoms with van der Waals surface area (Å²) in [6.07, 6.45) is 2.73. The van der Waals surface area contributed by atoms with Crippen LogP contribution in [-0.4, -0.2) is 37.2 Å². The molecule has 3 rings (SSSR count). The Morgan fingerprint density at radius 1 is 1.12 bits per heavy atom. The van der Waals surface area contributed by atoms with E-state index in [-0.39, 0.29) is 12.0 Å². The molecule has 1 aliphatic heterocycles. The van der Waals surface area contributed by atoms with E-state index in [4.69, 9.17) is 29.5 Å². The first kappa shape index (κ1) is 17.8. The molecule has 0 unspecified atom stereocenters. The number of carbonyl (C=O) groups is 1. The van der Waals surface area contributed by atoms with E-state index in [1.807, 2.05) is 12.3 Å². The summed E-state index contributed by atoms with van der Waals surface area (Å²) >= 11 is 10.7. The summed E-state index contributed by atoms with van der Waals surface area (Å²) in [6.45, 7) is 6.39. The van der Waals surface area contributed by atoms with Gasteiger partial charge in [-0.2, -0.15) is 0 Å². The average Bonchev–Trinajstić information content (AvgIpc) is 3.02. The highest BCUT2D eigenvalue weighted by molar-refractivity contribution is 7.82. The standard InChI is InChI=1S/C19H20N2O2S2/c1-19(2,3)14-6-4-12(5-7-14)8-13-9-15-17(24)21(11-16(22)23)18(25)20(15)10-13/h4-7,9-10H,8,11H2,1-3H3,(H,22,23). The van der Waals surface area contributed by atoms with Gasteiger partial charge in [0.15, 0.2) is 5.11 Å². The molecule has 25 heavy (non-hydrogen) atoms. The number of aromatic nitrogens is 1. The zero-order valence-electron chi connectivity index (χ0n) is 14.4. The van der Waals surface area contributed by atoms with Gasteiger partial charge in [-0.25, -0.2) is 0 Å². The second-order valence-electron chi connectivity index (χ2n) is 7.29. The number of nitrogens with zero attached hydrogens (tertiary/aromatic N) is 2. The molecule has 0 atom stereocenters. The quantitative estimate of drug-likeness (QED) is 0.831. The lowest BCUT2D eigenvalue weighted by molar-refractivity contribution is -0.136. The smallest absolute Gasteiger partial charge is 0.323 e. The molecule has 0 radical (unpaired) electrons. The molecule has 0 amide bonds. The fourth-order valence-corrected chi connectivity index (χ4v) is 3.60. The van der Waals surface area contributed by atoms with Gasteiger partial charge < -0.3 is 5.11 Å². The van der Waals surface area contributed by atoms with E-state index < -0.39 is 5.97 Å². The molecular weight excluding hydrogens is 352 g/mol. The van der Waals surface area contributed by atoms with E-state index in [0.29, 0.717) is 10.1 Å². The Morgan fingerprint density at radius 2 is 1.76 bits per heavy atom. The molecule has 0 bridgehead atoms. The molecule has 2 heterocycles. The predicted molar refractivity (Wildman–Crippen MR) is 106 cm³/mol. The largest absolute Gasteiger partial charge is 0.480 e. The number of hydrogen-bond acceptors (Lipinski definition) is 3. The van der Waals surface area contributed by atoms with E-state index in [9.17, 15) is 4.79 Å². The van der Waals surface area contributed by atoms with Gasteiger partial charge in [-0.1, -0.05) is 57.3 Å². The van der Waals surface area contributed by atoms with Crippen molar-refractivity contribution in [2.75, 3.05) is 6.54 Å². The van der Waals surface area contributed by atoms with Gasteiger partial charge in [-0.15, -0.1) is 0 Å². The molecule has 0 saturated carbocycles. The molecule has 130 valence electrons. The highest BCUT2D eigenvalue weighted by Gasteiger charge is 2.31. The Labute approximate surface area is 158 Å². The minimum Gasteiger partial charge on any atom is -0.480 e. The Bertz CT molecular complexity index is 827. The molecule has 0 spiro atoms. The van der Waals surface area contributed by atoms with E-state index in [0.717, 1.165) is 17.7 Å². The molecule has 1 N–H and O–H groups in total. The van der Waals surface area contributed by atoms with Crippen LogP contribution in [0.2, 0.25) is 0 Å². The maximum Gasteiger partial charge on any atom is 0.323 e. The zero-order chi connectivity index (χ0) is 18.4. The van der Waals surface area contributed by atoms with Crippen molar-refractivity contribution < 1.29 is 9.90 Å². The van der Waals surface area contributed by atoms with Gasteiger partial charge in [-0.05, 0) is 46.8 Å². The Kier molecular flexibility index (Phi) is 4.51. The first-order valence-corrected chi connectivity index (χ1v) is 8.87. The van der Waals surface area contributed by atoms with Crippen molar-refractivity contribution in [1.29, 1.82) is 0 Å². The van der Waals surface area contributed by atoms with Crippen molar-refractivity contribution in [3.63, 3.8) is 0 Å². The summed E-state index contributed by atoms with van der Waals surface area (Å²) in [6, 6.07) is 10.6. The molecule has 4 nitrogen and oxygen atoms in total. The summed E-state index contributed by atoms with van der Waals surface area (Å²) in [5.74, 6) is -0.949. The molecule has 2 aromatic rings. The third-order valence-electron chi connectivity index (χ3n) is 4.30. The van der Waals surface area contributed by atoms with Crippen molar-refractivity contribution in [2.24, 2.45) is 0 Å². The number of carboxylic acid groups (broad SMARTS) is 1. The van der Waals surface area contributed by atoms with Crippen LogP contribution in [0.4, 0.5) is 0 Å². The van der Waals surface area contributed by atoms with Crippen LogP contribution >= 0.6 is 24.4 Å².